The minimum Gasteiger partial charge on any atom is -0.380 e. The van der Waals surface area contributed by atoms with Crippen molar-refractivity contribution in [3.63, 3.8) is 0 Å². The Kier molecular flexibility index (Phi) is 3.00. The summed E-state index contributed by atoms with van der Waals surface area (Å²) in [5.74, 6) is 0.297. The first kappa shape index (κ1) is 11.3. The number of nitrogens with zero attached hydrogens (tertiary/aromatic N) is 1. The van der Waals surface area contributed by atoms with Crippen molar-refractivity contribution in [3.05, 3.63) is 21.5 Å². The fourth-order valence-electron chi connectivity index (χ4n) is 1.40. The van der Waals surface area contributed by atoms with E-state index in [0.717, 1.165) is 9.13 Å². The molecule has 4 nitrogen and oxygen atoms in total. The summed E-state index contributed by atoms with van der Waals surface area (Å²) in [6.07, 6.45) is 4.33. The molecule has 1 aromatic rings. The fraction of sp³-hybridized carbons (Fsp3) is 0.444. The van der Waals surface area contributed by atoms with Gasteiger partial charge in [-0.05, 0) is 28.2 Å². The highest BCUT2D eigenvalue weighted by atomic mass is 127. The Hall–Kier alpha value is -0.210. The van der Waals surface area contributed by atoms with E-state index in [1.54, 1.807) is 6.20 Å². The molecule has 0 bridgehead atoms. The normalized spacial score (nSPS) is 17.5. The molecule has 0 aromatic carbocycles. The largest absolute Gasteiger partial charge is 0.380 e. The minimum atomic E-state index is -3.18. The van der Waals surface area contributed by atoms with Crippen LogP contribution in [0.4, 0.5) is 0 Å². The number of ether oxygens (including phenoxy) is 1. The summed E-state index contributed by atoms with van der Waals surface area (Å²) in [7, 11) is -3.18. The van der Waals surface area contributed by atoms with Crippen molar-refractivity contribution in [2.75, 3.05) is 19.5 Å². The van der Waals surface area contributed by atoms with Crippen LogP contribution in [0.1, 0.15) is 11.5 Å². The van der Waals surface area contributed by atoms with E-state index in [-0.39, 0.29) is 0 Å². The molecule has 6 heteroatoms. The molecule has 0 amide bonds. The third-order valence-electron chi connectivity index (χ3n) is 2.35. The van der Waals surface area contributed by atoms with E-state index in [0.29, 0.717) is 24.0 Å². The molecule has 2 heterocycles. The van der Waals surface area contributed by atoms with Crippen LogP contribution in [0.25, 0.3) is 0 Å². The summed E-state index contributed by atoms with van der Waals surface area (Å²) < 4.78 is 28.8. The smallest absolute Gasteiger partial charge is 0.178 e. The van der Waals surface area contributed by atoms with Gasteiger partial charge in [0, 0.05) is 28.1 Å². The zero-order valence-electron chi connectivity index (χ0n) is 8.10. The van der Waals surface area contributed by atoms with E-state index in [1.165, 1.54) is 12.5 Å². The standard InChI is InChI=1S/C9H10INO3S/c1-15(12,13)8-3-11-2-7(9(8)10)6-4-14-5-6/h2-3,6H,4-5H2,1H3. The Bertz CT molecular complexity index is 482. The Morgan fingerprint density at radius 1 is 1.47 bits per heavy atom. The summed E-state index contributed by atoms with van der Waals surface area (Å²) in [6.45, 7) is 1.32. The second-order valence-corrected chi connectivity index (χ2v) is 6.61. The Balaban J connectivity index is 2.50. The highest BCUT2D eigenvalue weighted by Crippen LogP contribution is 2.30. The predicted octanol–water partition coefficient (Wildman–Crippen LogP) is 1.20. The van der Waals surface area contributed by atoms with Gasteiger partial charge in [0.2, 0.25) is 0 Å². The summed E-state index contributed by atoms with van der Waals surface area (Å²) in [5, 5.41) is 0. The first-order valence-electron chi connectivity index (χ1n) is 4.41. The lowest BCUT2D eigenvalue weighted by Gasteiger charge is -2.27. The topological polar surface area (TPSA) is 56.3 Å². The molecular weight excluding hydrogens is 329 g/mol. The molecular formula is C9H10INO3S. The van der Waals surface area contributed by atoms with Crippen LogP contribution in [0.2, 0.25) is 0 Å². The SMILES string of the molecule is CS(=O)(=O)c1cncc(C2COC2)c1I. The predicted molar refractivity (Wildman–Crippen MR) is 63.6 cm³/mol. The van der Waals surface area contributed by atoms with Crippen molar-refractivity contribution in [2.45, 2.75) is 10.8 Å². The van der Waals surface area contributed by atoms with Gasteiger partial charge < -0.3 is 4.74 Å². The maximum atomic E-state index is 11.5. The van der Waals surface area contributed by atoms with Gasteiger partial charge in [-0.3, -0.25) is 4.98 Å². The maximum Gasteiger partial charge on any atom is 0.178 e. The number of hydrogen-bond donors (Lipinski definition) is 0. The van der Waals surface area contributed by atoms with E-state index in [9.17, 15) is 8.42 Å². The number of rotatable bonds is 2. The molecule has 1 saturated heterocycles. The fourth-order valence-corrected chi connectivity index (χ4v) is 4.01. The lowest BCUT2D eigenvalue weighted by molar-refractivity contribution is 0.00785. The number of halogens is 1. The molecule has 0 saturated carbocycles. The van der Waals surface area contributed by atoms with Crippen molar-refractivity contribution in [1.29, 1.82) is 0 Å². The van der Waals surface area contributed by atoms with Crippen molar-refractivity contribution >= 4 is 32.4 Å². The number of sulfone groups is 1. The van der Waals surface area contributed by atoms with Gasteiger partial charge in [-0.25, -0.2) is 8.42 Å². The quantitative estimate of drug-likeness (QED) is 0.760. The highest BCUT2D eigenvalue weighted by Gasteiger charge is 2.26. The average molecular weight is 339 g/mol. The summed E-state index contributed by atoms with van der Waals surface area (Å²) in [4.78, 5) is 4.29. The highest BCUT2D eigenvalue weighted by molar-refractivity contribution is 14.1. The minimum absolute atomic E-state index is 0.297. The molecule has 1 aliphatic rings. The van der Waals surface area contributed by atoms with Crippen LogP contribution in [-0.2, 0) is 14.6 Å². The molecule has 0 spiro atoms. The Morgan fingerprint density at radius 3 is 2.60 bits per heavy atom. The molecule has 0 unspecified atom stereocenters. The number of aromatic nitrogens is 1. The zero-order valence-corrected chi connectivity index (χ0v) is 11.1. The van der Waals surface area contributed by atoms with Gasteiger partial charge in [-0.1, -0.05) is 0 Å². The van der Waals surface area contributed by atoms with Crippen LogP contribution in [-0.4, -0.2) is 32.9 Å². The first-order chi connectivity index (χ1) is 7.00. The van der Waals surface area contributed by atoms with E-state index in [4.69, 9.17) is 4.74 Å². The van der Waals surface area contributed by atoms with Gasteiger partial charge in [0.1, 0.15) is 0 Å². The van der Waals surface area contributed by atoms with Crippen LogP contribution in [0.15, 0.2) is 17.3 Å². The van der Waals surface area contributed by atoms with Crippen molar-refractivity contribution in [1.82, 2.24) is 4.98 Å². The molecule has 82 valence electrons. The average Bonchev–Trinajstić information content (AvgIpc) is 2.03. The number of hydrogen-bond acceptors (Lipinski definition) is 4. The van der Waals surface area contributed by atoms with Crippen LogP contribution in [0.3, 0.4) is 0 Å². The molecule has 0 radical (unpaired) electrons. The lowest BCUT2D eigenvalue weighted by Crippen LogP contribution is -2.26. The first-order valence-corrected chi connectivity index (χ1v) is 7.38. The molecule has 0 atom stereocenters. The van der Waals surface area contributed by atoms with E-state index in [1.807, 2.05) is 0 Å². The number of pyridine rings is 1. The molecule has 0 aliphatic carbocycles. The Morgan fingerprint density at radius 2 is 2.13 bits per heavy atom. The van der Waals surface area contributed by atoms with Gasteiger partial charge in [-0.2, -0.15) is 0 Å². The third-order valence-corrected chi connectivity index (χ3v) is 5.03. The van der Waals surface area contributed by atoms with Crippen molar-refractivity contribution < 1.29 is 13.2 Å². The van der Waals surface area contributed by atoms with Gasteiger partial charge in [0.05, 0.1) is 18.1 Å². The van der Waals surface area contributed by atoms with Gasteiger partial charge in [0.15, 0.2) is 9.84 Å². The Labute approximate surface area is 102 Å². The lowest BCUT2D eigenvalue weighted by atomic mass is 10.00. The monoisotopic (exact) mass is 339 g/mol. The molecule has 1 aliphatic heterocycles. The van der Waals surface area contributed by atoms with Gasteiger partial charge in [0.25, 0.3) is 0 Å². The van der Waals surface area contributed by atoms with E-state index >= 15 is 0 Å². The van der Waals surface area contributed by atoms with Crippen LogP contribution < -0.4 is 0 Å². The summed E-state index contributed by atoms with van der Waals surface area (Å²) >= 11 is 2.06. The summed E-state index contributed by atoms with van der Waals surface area (Å²) in [6, 6.07) is 0. The summed E-state index contributed by atoms with van der Waals surface area (Å²) in [5.41, 5.74) is 0.977. The van der Waals surface area contributed by atoms with Gasteiger partial charge >= 0.3 is 0 Å². The maximum absolute atomic E-state index is 11.5. The molecule has 1 fully saturated rings. The van der Waals surface area contributed by atoms with Crippen molar-refractivity contribution in [2.24, 2.45) is 0 Å². The van der Waals surface area contributed by atoms with E-state index < -0.39 is 9.84 Å². The third kappa shape index (κ3) is 2.16. The molecule has 15 heavy (non-hydrogen) atoms. The second kappa shape index (κ2) is 3.99. The van der Waals surface area contributed by atoms with Gasteiger partial charge in [-0.15, -0.1) is 0 Å². The van der Waals surface area contributed by atoms with Crippen molar-refractivity contribution in [3.8, 4) is 0 Å². The van der Waals surface area contributed by atoms with Crippen LogP contribution in [0.5, 0.6) is 0 Å². The van der Waals surface area contributed by atoms with Crippen LogP contribution >= 0.6 is 22.6 Å². The zero-order chi connectivity index (χ0) is 11.1. The van der Waals surface area contributed by atoms with E-state index in [2.05, 4.69) is 27.6 Å². The second-order valence-electron chi connectivity index (χ2n) is 3.55. The molecule has 2 rings (SSSR count). The van der Waals surface area contributed by atoms with Crippen LogP contribution in [0, 0.1) is 3.57 Å². The molecule has 0 N–H and O–H groups in total. The molecule has 1 aromatic heterocycles.